The highest BCUT2D eigenvalue weighted by Gasteiger charge is 2.28. The van der Waals surface area contributed by atoms with Gasteiger partial charge in [0.2, 0.25) is 0 Å². The lowest BCUT2D eigenvalue weighted by Gasteiger charge is -2.34. The first-order valence-corrected chi connectivity index (χ1v) is 7.15. The van der Waals surface area contributed by atoms with Crippen molar-refractivity contribution in [3.05, 3.63) is 46.3 Å². The number of carbonyl (C=O) groups excluding carboxylic acids is 1. The first kappa shape index (κ1) is 13.8. The minimum Gasteiger partial charge on any atom is -0.451 e. The SMILES string of the molecule is O=C(c1cc(=O)c2ccccc2o1)N1CCCCC1CO. The zero-order valence-electron chi connectivity index (χ0n) is 11.6. The highest BCUT2D eigenvalue weighted by Crippen LogP contribution is 2.20. The number of piperidine rings is 1. The Labute approximate surface area is 121 Å². The fraction of sp³-hybridized carbons (Fsp3) is 0.375. The Morgan fingerprint density at radius 2 is 2.14 bits per heavy atom. The second-order valence-corrected chi connectivity index (χ2v) is 5.30. The summed E-state index contributed by atoms with van der Waals surface area (Å²) in [5.74, 6) is -0.282. The third kappa shape index (κ3) is 2.56. The van der Waals surface area contributed by atoms with Crippen LogP contribution < -0.4 is 5.43 Å². The van der Waals surface area contributed by atoms with E-state index >= 15 is 0 Å². The maximum atomic E-state index is 12.5. The lowest BCUT2D eigenvalue weighted by atomic mass is 10.0. The Kier molecular flexibility index (Phi) is 3.75. The van der Waals surface area contributed by atoms with Gasteiger partial charge in [-0.3, -0.25) is 9.59 Å². The fourth-order valence-corrected chi connectivity index (χ4v) is 2.81. The molecule has 1 fully saturated rings. The molecule has 2 aromatic rings. The zero-order valence-corrected chi connectivity index (χ0v) is 11.6. The minimum atomic E-state index is -0.323. The van der Waals surface area contributed by atoms with Gasteiger partial charge in [-0.2, -0.15) is 0 Å². The molecule has 1 unspecified atom stereocenters. The van der Waals surface area contributed by atoms with Gasteiger partial charge in [0.05, 0.1) is 18.0 Å². The number of nitrogens with zero attached hydrogens (tertiary/aromatic N) is 1. The first-order valence-electron chi connectivity index (χ1n) is 7.15. The van der Waals surface area contributed by atoms with Gasteiger partial charge in [-0.25, -0.2) is 0 Å². The molecule has 0 saturated carbocycles. The van der Waals surface area contributed by atoms with Crippen molar-refractivity contribution >= 4 is 16.9 Å². The molecule has 1 saturated heterocycles. The molecule has 3 rings (SSSR count). The fourth-order valence-electron chi connectivity index (χ4n) is 2.81. The summed E-state index contributed by atoms with van der Waals surface area (Å²) in [6, 6.07) is 7.92. The summed E-state index contributed by atoms with van der Waals surface area (Å²) < 4.78 is 5.58. The molecule has 0 radical (unpaired) electrons. The number of likely N-dealkylation sites (tertiary alicyclic amines) is 1. The topological polar surface area (TPSA) is 70.8 Å². The molecule has 1 aliphatic rings. The van der Waals surface area contributed by atoms with Gasteiger partial charge in [-0.05, 0) is 31.4 Å². The summed E-state index contributed by atoms with van der Waals surface area (Å²) >= 11 is 0. The Hall–Kier alpha value is -2.14. The van der Waals surface area contributed by atoms with Gasteiger partial charge in [0.1, 0.15) is 5.58 Å². The van der Waals surface area contributed by atoms with Crippen molar-refractivity contribution in [2.75, 3.05) is 13.2 Å². The van der Waals surface area contributed by atoms with Crippen LogP contribution in [0.5, 0.6) is 0 Å². The number of aliphatic hydroxyl groups is 1. The summed E-state index contributed by atoms with van der Waals surface area (Å²) in [6.45, 7) is 0.518. The van der Waals surface area contributed by atoms with Gasteiger partial charge >= 0.3 is 0 Å². The van der Waals surface area contributed by atoms with Gasteiger partial charge in [-0.1, -0.05) is 12.1 Å². The molecular weight excluding hydrogens is 270 g/mol. The van der Waals surface area contributed by atoms with E-state index in [1.165, 1.54) is 6.07 Å². The van der Waals surface area contributed by atoms with E-state index in [1.54, 1.807) is 29.2 Å². The van der Waals surface area contributed by atoms with Crippen molar-refractivity contribution in [3.8, 4) is 0 Å². The van der Waals surface area contributed by atoms with Crippen molar-refractivity contribution < 1.29 is 14.3 Å². The molecule has 1 aliphatic heterocycles. The van der Waals surface area contributed by atoms with Crippen molar-refractivity contribution in [1.29, 1.82) is 0 Å². The maximum absolute atomic E-state index is 12.5. The van der Waals surface area contributed by atoms with E-state index in [0.717, 1.165) is 19.3 Å². The van der Waals surface area contributed by atoms with Crippen molar-refractivity contribution in [2.45, 2.75) is 25.3 Å². The molecule has 0 aliphatic carbocycles. The Bertz CT molecular complexity index is 722. The quantitative estimate of drug-likeness (QED) is 0.914. The highest BCUT2D eigenvalue weighted by atomic mass is 16.3. The molecule has 1 aromatic heterocycles. The molecule has 21 heavy (non-hydrogen) atoms. The third-order valence-electron chi connectivity index (χ3n) is 3.94. The van der Waals surface area contributed by atoms with Gasteiger partial charge in [0, 0.05) is 12.6 Å². The van der Waals surface area contributed by atoms with E-state index in [9.17, 15) is 14.7 Å². The largest absolute Gasteiger partial charge is 0.451 e. The molecule has 1 atom stereocenters. The molecule has 5 nitrogen and oxygen atoms in total. The number of aliphatic hydroxyl groups excluding tert-OH is 1. The number of rotatable bonds is 2. The minimum absolute atomic E-state index is 0.0408. The van der Waals surface area contributed by atoms with Gasteiger partial charge in [0.25, 0.3) is 5.91 Å². The van der Waals surface area contributed by atoms with E-state index in [1.807, 2.05) is 0 Å². The predicted molar refractivity (Wildman–Crippen MR) is 78.2 cm³/mol. The number of amides is 1. The summed E-state index contributed by atoms with van der Waals surface area (Å²) in [4.78, 5) is 26.2. The summed E-state index contributed by atoms with van der Waals surface area (Å²) in [6.07, 6.45) is 2.68. The Morgan fingerprint density at radius 3 is 2.95 bits per heavy atom. The molecule has 2 heterocycles. The predicted octanol–water partition coefficient (Wildman–Crippen LogP) is 1.78. The van der Waals surface area contributed by atoms with Crippen LogP contribution in [0.4, 0.5) is 0 Å². The zero-order chi connectivity index (χ0) is 14.8. The molecule has 1 N–H and O–H groups in total. The third-order valence-corrected chi connectivity index (χ3v) is 3.94. The van der Waals surface area contributed by atoms with Gasteiger partial charge < -0.3 is 14.4 Å². The molecule has 5 heteroatoms. The summed E-state index contributed by atoms with van der Waals surface area (Å²) in [5.41, 5.74) is 0.184. The van der Waals surface area contributed by atoms with E-state index in [-0.39, 0.29) is 29.7 Å². The first-order chi connectivity index (χ1) is 10.2. The summed E-state index contributed by atoms with van der Waals surface area (Å²) in [7, 11) is 0. The van der Waals surface area contributed by atoms with Crippen LogP contribution in [0.15, 0.2) is 39.5 Å². The lowest BCUT2D eigenvalue weighted by Crippen LogP contribution is -2.45. The van der Waals surface area contributed by atoms with E-state index in [4.69, 9.17) is 4.42 Å². The average Bonchev–Trinajstić information content (AvgIpc) is 2.54. The molecule has 1 aromatic carbocycles. The Balaban J connectivity index is 1.99. The second-order valence-electron chi connectivity index (χ2n) is 5.30. The number of carbonyl (C=O) groups is 1. The highest BCUT2D eigenvalue weighted by molar-refractivity contribution is 5.93. The molecule has 110 valence electrons. The van der Waals surface area contributed by atoms with Crippen LogP contribution in [0.25, 0.3) is 11.0 Å². The van der Waals surface area contributed by atoms with Gasteiger partial charge in [-0.15, -0.1) is 0 Å². The van der Waals surface area contributed by atoms with Crippen LogP contribution in [0.3, 0.4) is 0 Å². The summed E-state index contributed by atoms with van der Waals surface area (Å²) in [5, 5.41) is 9.86. The van der Waals surface area contributed by atoms with Crippen LogP contribution in [-0.4, -0.2) is 35.1 Å². The van der Waals surface area contributed by atoms with Gasteiger partial charge in [0.15, 0.2) is 11.2 Å². The monoisotopic (exact) mass is 287 g/mol. The molecular formula is C16H17NO4. The number of benzene rings is 1. The van der Waals surface area contributed by atoms with Crippen LogP contribution in [-0.2, 0) is 0 Å². The normalized spacial score (nSPS) is 18.9. The number of hydrogen-bond donors (Lipinski definition) is 1. The van der Waals surface area contributed by atoms with E-state index in [2.05, 4.69) is 0 Å². The Morgan fingerprint density at radius 1 is 1.33 bits per heavy atom. The van der Waals surface area contributed by atoms with E-state index < -0.39 is 0 Å². The van der Waals surface area contributed by atoms with Crippen molar-refractivity contribution in [3.63, 3.8) is 0 Å². The lowest BCUT2D eigenvalue weighted by molar-refractivity contribution is 0.0473. The average molecular weight is 287 g/mol. The molecule has 0 bridgehead atoms. The molecule has 0 spiro atoms. The maximum Gasteiger partial charge on any atom is 0.290 e. The standard InChI is InChI=1S/C16H17NO4/c18-10-11-5-3-4-8-17(11)16(20)15-9-13(19)12-6-1-2-7-14(12)21-15/h1-2,6-7,9,11,18H,3-5,8,10H2. The van der Waals surface area contributed by atoms with Crippen molar-refractivity contribution in [2.24, 2.45) is 0 Å². The molecule has 1 amide bonds. The number of hydrogen-bond acceptors (Lipinski definition) is 4. The van der Waals surface area contributed by atoms with E-state index in [0.29, 0.717) is 17.5 Å². The van der Waals surface area contributed by atoms with Crippen LogP contribution >= 0.6 is 0 Å². The van der Waals surface area contributed by atoms with Crippen LogP contribution in [0, 0.1) is 0 Å². The second kappa shape index (κ2) is 5.69. The smallest absolute Gasteiger partial charge is 0.290 e. The van der Waals surface area contributed by atoms with Crippen molar-refractivity contribution in [1.82, 2.24) is 4.90 Å². The van der Waals surface area contributed by atoms with Crippen LogP contribution in [0.1, 0.15) is 29.8 Å². The number of fused-ring (bicyclic) bond motifs is 1. The number of para-hydroxylation sites is 1. The van der Waals surface area contributed by atoms with Crippen LogP contribution in [0.2, 0.25) is 0 Å².